The molecule has 28 heavy (non-hydrogen) atoms. The summed E-state index contributed by atoms with van der Waals surface area (Å²) >= 11 is 0. The van der Waals surface area contributed by atoms with Crippen LogP contribution in [0.2, 0.25) is 0 Å². The summed E-state index contributed by atoms with van der Waals surface area (Å²) in [5, 5.41) is 0. The molecule has 2 saturated heterocycles. The molecule has 4 rings (SSSR count). The van der Waals surface area contributed by atoms with Gasteiger partial charge in [0.25, 0.3) is 0 Å². The van der Waals surface area contributed by atoms with Crippen LogP contribution in [0.15, 0.2) is 11.6 Å². The van der Waals surface area contributed by atoms with Gasteiger partial charge in [-0.15, -0.1) is 0 Å². The third-order valence-corrected chi connectivity index (χ3v) is 7.43. The predicted octanol–water partition coefficient (Wildman–Crippen LogP) is 3.07. The summed E-state index contributed by atoms with van der Waals surface area (Å²) in [5.41, 5.74) is 1.77. The summed E-state index contributed by atoms with van der Waals surface area (Å²) in [5.74, 6) is 0.711. The van der Waals surface area contributed by atoms with Crippen LogP contribution in [0.25, 0.3) is 0 Å². The van der Waals surface area contributed by atoms with Gasteiger partial charge < -0.3 is 14.4 Å². The molecule has 5 atom stereocenters. The molecule has 1 amide bonds. The van der Waals surface area contributed by atoms with Gasteiger partial charge in [0.15, 0.2) is 0 Å². The van der Waals surface area contributed by atoms with Crippen LogP contribution in [0.5, 0.6) is 0 Å². The summed E-state index contributed by atoms with van der Waals surface area (Å²) in [6.07, 6.45) is 6.95. The Morgan fingerprint density at radius 2 is 2.07 bits per heavy atom. The van der Waals surface area contributed by atoms with E-state index in [0.29, 0.717) is 25.6 Å². The van der Waals surface area contributed by atoms with Crippen molar-refractivity contribution in [3.8, 4) is 0 Å². The second-order valence-corrected chi connectivity index (χ2v) is 9.33. The Morgan fingerprint density at radius 3 is 2.79 bits per heavy atom. The van der Waals surface area contributed by atoms with Gasteiger partial charge in [-0.3, -0.25) is 9.69 Å². The van der Waals surface area contributed by atoms with E-state index in [2.05, 4.69) is 24.8 Å². The van der Waals surface area contributed by atoms with E-state index in [1.807, 2.05) is 6.92 Å². The summed E-state index contributed by atoms with van der Waals surface area (Å²) in [4.78, 5) is 28.7. The van der Waals surface area contributed by atoms with Crippen LogP contribution < -0.4 is 0 Å². The molecule has 0 radical (unpaired) electrons. The van der Waals surface area contributed by atoms with E-state index in [4.69, 9.17) is 9.47 Å². The molecule has 0 aromatic heterocycles. The zero-order valence-electron chi connectivity index (χ0n) is 17.5. The van der Waals surface area contributed by atoms with E-state index in [1.54, 1.807) is 10.5 Å². The molecule has 0 unspecified atom stereocenters. The van der Waals surface area contributed by atoms with E-state index >= 15 is 0 Å². The molecule has 2 aliphatic carbocycles. The first-order valence-electron chi connectivity index (χ1n) is 11.0. The summed E-state index contributed by atoms with van der Waals surface area (Å²) in [6, 6.07) is 0. The summed E-state index contributed by atoms with van der Waals surface area (Å²) < 4.78 is 11.0. The van der Waals surface area contributed by atoms with Crippen molar-refractivity contribution in [1.82, 2.24) is 9.80 Å². The maximum absolute atomic E-state index is 12.7. The van der Waals surface area contributed by atoms with Gasteiger partial charge in [0.1, 0.15) is 6.10 Å². The van der Waals surface area contributed by atoms with Gasteiger partial charge in [0.05, 0.1) is 12.5 Å². The van der Waals surface area contributed by atoms with Crippen LogP contribution in [-0.2, 0) is 14.3 Å². The number of fused-ring (bicyclic) bond motifs is 2. The van der Waals surface area contributed by atoms with Crippen LogP contribution in [0.3, 0.4) is 0 Å². The molecule has 3 fully saturated rings. The van der Waals surface area contributed by atoms with Crippen molar-refractivity contribution < 1.29 is 19.1 Å². The van der Waals surface area contributed by atoms with Gasteiger partial charge in [-0.2, -0.15) is 0 Å². The molecule has 4 aliphatic rings. The zero-order valence-corrected chi connectivity index (χ0v) is 17.5. The highest BCUT2D eigenvalue weighted by atomic mass is 16.6. The fourth-order valence-electron chi connectivity index (χ4n) is 5.86. The van der Waals surface area contributed by atoms with E-state index in [1.165, 1.54) is 19.3 Å². The third kappa shape index (κ3) is 3.56. The van der Waals surface area contributed by atoms with Crippen molar-refractivity contribution >= 4 is 12.1 Å². The van der Waals surface area contributed by atoms with Crippen molar-refractivity contribution in [1.29, 1.82) is 0 Å². The highest BCUT2D eigenvalue weighted by Crippen LogP contribution is 2.53. The van der Waals surface area contributed by atoms with Crippen LogP contribution in [-0.4, -0.2) is 67.3 Å². The second kappa shape index (κ2) is 7.69. The fraction of sp³-hybridized carbons (Fsp3) is 0.818. The average Bonchev–Trinajstić information content (AvgIpc) is 2.95. The summed E-state index contributed by atoms with van der Waals surface area (Å²) in [6.45, 7) is 10.5. The van der Waals surface area contributed by atoms with Crippen LogP contribution in [0.1, 0.15) is 46.5 Å². The number of piperazine rings is 1. The minimum absolute atomic E-state index is 0.0328. The highest BCUT2D eigenvalue weighted by molar-refractivity contribution is 5.76. The predicted molar refractivity (Wildman–Crippen MR) is 106 cm³/mol. The minimum Gasteiger partial charge on any atom is -0.461 e. The number of allylic oxidation sites excluding steroid dienone is 1. The second-order valence-electron chi connectivity index (χ2n) is 9.33. The molecule has 6 nitrogen and oxygen atoms in total. The lowest BCUT2D eigenvalue weighted by Crippen LogP contribution is -2.50. The van der Waals surface area contributed by atoms with Crippen molar-refractivity contribution in [2.75, 3.05) is 39.3 Å². The lowest BCUT2D eigenvalue weighted by atomic mass is 9.59. The smallest absolute Gasteiger partial charge is 0.409 e. The van der Waals surface area contributed by atoms with E-state index in [-0.39, 0.29) is 35.4 Å². The van der Waals surface area contributed by atoms with Gasteiger partial charge in [-0.25, -0.2) is 4.79 Å². The minimum atomic E-state index is -0.231. The number of carbonyl (C=O) groups is 2. The van der Waals surface area contributed by atoms with Crippen LogP contribution >= 0.6 is 0 Å². The quantitative estimate of drug-likeness (QED) is 0.547. The van der Waals surface area contributed by atoms with Crippen molar-refractivity contribution in [3.05, 3.63) is 11.6 Å². The van der Waals surface area contributed by atoms with Crippen molar-refractivity contribution in [3.63, 3.8) is 0 Å². The number of hydrogen-bond acceptors (Lipinski definition) is 5. The Balaban J connectivity index is 1.42. The topological polar surface area (TPSA) is 59.1 Å². The fourth-order valence-corrected chi connectivity index (χ4v) is 5.86. The molecule has 0 spiro atoms. The van der Waals surface area contributed by atoms with E-state index in [0.717, 1.165) is 26.1 Å². The molecule has 2 heterocycles. The average molecular weight is 391 g/mol. The zero-order chi connectivity index (χ0) is 19.9. The Labute approximate surface area is 168 Å². The molecular weight excluding hydrogens is 356 g/mol. The molecule has 0 aromatic rings. The molecule has 156 valence electrons. The summed E-state index contributed by atoms with van der Waals surface area (Å²) in [7, 11) is 0. The number of carbonyl (C=O) groups excluding carboxylic acids is 2. The van der Waals surface area contributed by atoms with Crippen LogP contribution in [0.4, 0.5) is 4.79 Å². The molecule has 0 aromatic carbocycles. The van der Waals surface area contributed by atoms with Gasteiger partial charge >= 0.3 is 12.1 Å². The Hall–Kier alpha value is -1.56. The number of hydrogen-bond donors (Lipinski definition) is 0. The van der Waals surface area contributed by atoms with Gasteiger partial charge in [0, 0.05) is 38.6 Å². The first-order chi connectivity index (χ1) is 13.4. The lowest BCUT2D eigenvalue weighted by molar-refractivity contribution is -0.145. The Bertz CT molecular complexity index is 655. The molecule has 0 N–H and O–H groups in total. The normalized spacial score (nSPS) is 38.3. The standard InChI is InChI=1S/C22H34N2O4/c1-4-27-21(26)24-10-8-23(9-11-24)14-17-16-12-18-15(2)6-5-7-22(18,3)13-19(16)28-20(17)25/h12,15-17,19H,4-11,13-14H2,1-3H3/t15-,16+,17-,19+,22+/m0/s1. The maximum Gasteiger partial charge on any atom is 0.409 e. The largest absolute Gasteiger partial charge is 0.461 e. The molecular formula is C22H34N2O4. The number of nitrogens with zero attached hydrogens (tertiary/aromatic N) is 2. The maximum atomic E-state index is 12.7. The molecule has 1 saturated carbocycles. The SMILES string of the molecule is CCOC(=O)N1CCN(C[C@@H]2C(=O)O[C@@H]3C[C@@]4(C)CCC[C@H](C)C4=C[C@H]23)CC1. The third-order valence-electron chi connectivity index (χ3n) is 7.43. The van der Waals surface area contributed by atoms with Gasteiger partial charge in [-0.05, 0) is 37.5 Å². The molecule has 0 bridgehead atoms. The van der Waals surface area contributed by atoms with Gasteiger partial charge in [-0.1, -0.05) is 31.9 Å². The number of esters is 1. The first-order valence-corrected chi connectivity index (χ1v) is 11.0. The molecule has 2 aliphatic heterocycles. The number of amides is 1. The number of ether oxygens (including phenoxy) is 2. The van der Waals surface area contributed by atoms with E-state index < -0.39 is 0 Å². The Morgan fingerprint density at radius 1 is 1.32 bits per heavy atom. The van der Waals surface area contributed by atoms with Crippen molar-refractivity contribution in [2.45, 2.75) is 52.6 Å². The first kappa shape index (κ1) is 19.7. The monoisotopic (exact) mass is 390 g/mol. The highest BCUT2D eigenvalue weighted by Gasteiger charge is 2.52. The lowest BCUT2D eigenvalue weighted by Gasteiger charge is -2.46. The van der Waals surface area contributed by atoms with E-state index in [9.17, 15) is 9.59 Å². The van der Waals surface area contributed by atoms with Gasteiger partial charge in [0.2, 0.25) is 0 Å². The van der Waals surface area contributed by atoms with Crippen LogP contribution in [0, 0.1) is 23.2 Å². The molecule has 6 heteroatoms. The number of rotatable bonds is 3. The van der Waals surface area contributed by atoms with Crippen molar-refractivity contribution in [2.24, 2.45) is 23.2 Å². The Kier molecular flexibility index (Phi) is 5.43.